The summed E-state index contributed by atoms with van der Waals surface area (Å²) in [6.45, 7) is 4.68. The Kier molecular flexibility index (Phi) is 38.6. The lowest BCUT2D eigenvalue weighted by Gasteiger charge is -2.22. The fourth-order valence-electron chi connectivity index (χ4n) is 6.98. The van der Waals surface area contributed by atoms with Crippen LogP contribution in [0.1, 0.15) is 239 Å². The second kappa shape index (κ2) is 39.1. The van der Waals surface area contributed by atoms with Crippen molar-refractivity contribution < 1.29 is 20.1 Å². The van der Waals surface area contributed by atoms with Gasteiger partial charge in [-0.3, -0.25) is 4.79 Å². The Morgan fingerprint density at radius 2 is 0.792 bits per heavy atom. The minimum Gasteiger partial charge on any atom is -0.396 e. The van der Waals surface area contributed by atoms with Crippen molar-refractivity contribution in [2.24, 2.45) is 5.92 Å². The number of aliphatic hydroxyl groups is 3. The summed E-state index contributed by atoms with van der Waals surface area (Å²) in [5.41, 5.74) is 0. The molecule has 0 heterocycles. The molecule has 0 bridgehead atoms. The van der Waals surface area contributed by atoms with Crippen LogP contribution in [0.5, 0.6) is 0 Å². The highest BCUT2D eigenvalue weighted by Gasteiger charge is 2.20. The van der Waals surface area contributed by atoms with Gasteiger partial charge in [0.1, 0.15) is 0 Å². The van der Waals surface area contributed by atoms with E-state index < -0.39 is 12.2 Å². The predicted molar refractivity (Wildman–Crippen MR) is 209 cm³/mol. The number of hydrogen-bond donors (Lipinski definition) is 4. The van der Waals surface area contributed by atoms with Gasteiger partial charge >= 0.3 is 0 Å². The van der Waals surface area contributed by atoms with E-state index in [1.54, 1.807) is 0 Å². The minimum atomic E-state index is -0.706. The molecule has 5 heteroatoms. The normalized spacial score (nSPS) is 13.5. The number of nitrogens with one attached hydrogen (secondary N) is 1. The van der Waals surface area contributed by atoms with E-state index in [1.165, 1.54) is 180 Å². The first-order valence-electron chi connectivity index (χ1n) is 21.8. The SMILES string of the molecule is CCCCCCCCCCCCCCCCCCCCCCCC(=O)NCC(CO)C(O)CCC(O)CCCCCCCCCCCC. The van der Waals surface area contributed by atoms with Crippen molar-refractivity contribution in [2.75, 3.05) is 13.2 Å². The molecule has 0 aromatic heterocycles. The number of aliphatic hydroxyl groups excluding tert-OH is 3. The molecule has 288 valence electrons. The molecule has 0 aromatic carbocycles. The third kappa shape index (κ3) is 35.2. The molecule has 4 N–H and O–H groups in total. The molecule has 0 spiro atoms. The minimum absolute atomic E-state index is 0.0134. The molecule has 0 fully saturated rings. The van der Waals surface area contributed by atoms with Gasteiger partial charge in [-0.15, -0.1) is 0 Å². The van der Waals surface area contributed by atoms with Gasteiger partial charge in [0.05, 0.1) is 18.8 Å². The lowest BCUT2D eigenvalue weighted by atomic mass is 9.96. The number of carbonyl (C=O) groups is 1. The largest absolute Gasteiger partial charge is 0.396 e. The topological polar surface area (TPSA) is 89.8 Å². The Bertz CT molecular complexity index is 630. The van der Waals surface area contributed by atoms with Crippen LogP contribution >= 0.6 is 0 Å². The van der Waals surface area contributed by atoms with Gasteiger partial charge in [0.25, 0.3) is 0 Å². The van der Waals surface area contributed by atoms with Gasteiger partial charge in [-0.1, -0.05) is 206 Å². The van der Waals surface area contributed by atoms with E-state index in [4.69, 9.17) is 0 Å². The molecule has 0 aromatic rings. The molecule has 0 aliphatic carbocycles. The van der Waals surface area contributed by atoms with E-state index in [2.05, 4.69) is 19.2 Å². The summed E-state index contributed by atoms with van der Waals surface area (Å²) >= 11 is 0. The standard InChI is InChI=1S/C43H87NO4/c1-3-5-7-9-11-13-15-16-17-18-19-20-21-22-23-24-25-27-29-31-33-35-43(48)44-38-40(39-45)42(47)37-36-41(46)34-32-30-28-26-14-12-10-8-6-4-2/h40-42,45-47H,3-39H2,1-2H3,(H,44,48). The van der Waals surface area contributed by atoms with E-state index >= 15 is 0 Å². The quantitative estimate of drug-likeness (QED) is 0.0485. The lowest BCUT2D eigenvalue weighted by Crippen LogP contribution is -2.37. The average molecular weight is 682 g/mol. The van der Waals surface area contributed by atoms with Gasteiger partial charge in [0.15, 0.2) is 0 Å². The lowest BCUT2D eigenvalue weighted by molar-refractivity contribution is -0.121. The summed E-state index contributed by atoms with van der Waals surface area (Å²) in [6.07, 6.45) is 42.5. The molecule has 5 nitrogen and oxygen atoms in total. The van der Waals surface area contributed by atoms with E-state index in [1.807, 2.05) is 0 Å². The summed E-state index contributed by atoms with van der Waals surface area (Å²) in [5, 5.41) is 33.6. The zero-order chi connectivity index (χ0) is 35.2. The summed E-state index contributed by atoms with van der Waals surface area (Å²) in [7, 11) is 0. The van der Waals surface area contributed by atoms with Gasteiger partial charge in [0.2, 0.25) is 5.91 Å². The Labute approximate surface area is 300 Å². The summed E-state index contributed by atoms with van der Waals surface area (Å²) < 4.78 is 0. The van der Waals surface area contributed by atoms with Gasteiger partial charge in [-0.2, -0.15) is 0 Å². The van der Waals surface area contributed by atoms with Crippen molar-refractivity contribution >= 4 is 5.91 Å². The van der Waals surface area contributed by atoms with E-state index in [-0.39, 0.29) is 18.4 Å². The van der Waals surface area contributed by atoms with Crippen LogP contribution in [0.4, 0.5) is 0 Å². The van der Waals surface area contributed by atoms with Gasteiger partial charge in [-0.25, -0.2) is 0 Å². The Balaban J connectivity index is 3.53. The van der Waals surface area contributed by atoms with Crippen molar-refractivity contribution in [1.29, 1.82) is 0 Å². The molecule has 0 saturated carbocycles. The maximum atomic E-state index is 12.3. The summed E-state index contributed by atoms with van der Waals surface area (Å²) in [5.74, 6) is -0.363. The van der Waals surface area contributed by atoms with Crippen LogP contribution < -0.4 is 5.32 Å². The van der Waals surface area contributed by atoms with Crippen molar-refractivity contribution in [3.05, 3.63) is 0 Å². The van der Waals surface area contributed by atoms with Crippen LogP contribution in [0.15, 0.2) is 0 Å². The van der Waals surface area contributed by atoms with Crippen LogP contribution in [0.3, 0.4) is 0 Å². The van der Waals surface area contributed by atoms with Gasteiger partial charge < -0.3 is 20.6 Å². The van der Waals surface area contributed by atoms with Crippen molar-refractivity contribution in [2.45, 2.75) is 251 Å². The van der Waals surface area contributed by atoms with E-state index in [0.29, 0.717) is 25.8 Å². The van der Waals surface area contributed by atoms with Crippen LogP contribution in [-0.4, -0.2) is 46.6 Å². The highest BCUT2D eigenvalue weighted by molar-refractivity contribution is 5.75. The Morgan fingerprint density at radius 1 is 0.458 bits per heavy atom. The third-order valence-electron chi connectivity index (χ3n) is 10.5. The smallest absolute Gasteiger partial charge is 0.220 e. The molecule has 48 heavy (non-hydrogen) atoms. The molecule has 0 aliphatic rings. The van der Waals surface area contributed by atoms with Crippen molar-refractivity contribution in [3.63, 3.8) is 0 Å². The number of carbonyl (C=O) groups excluding carboxylic acids is 1. The van der Waals surface area contributed by atoms with Crippen LogP contribution in [0, 0.1) is 5.92 Å². The Hall–Kier alpha value is -0.650. The third-order valence-corrected chi connectivity index (χ3v) is 10.5. The predicted octanol–water partition coefficient (Wildman–Crippen LogP) is 12.1. The number of rotatable bonds is 40. The van der Waals surface area contributed by atoms with Crippen molar-refractivity contribution in [1.82, 2.24) is 5.32 Å². The molecular formula is C43H87NO4. The first-order chi connectivity index (χ1) is 23.5. The maximum Gasteiger partial charge on any atom is 0.220 e. The van der Waals surface area contributed by atoms with Crippen LogP contribution in [0.2, 0.25) is 0 Å². The Morgan fingerprint density at radius 3 is 1.15 bits per heavy atom. The highest BCUT2D eigenvalue weighted by atomic mass is 16.3. The molecule has 0 radical (unpaired) electrons. The van der Waals surface area contributed by atoms with Crippen LogP contribution in [0.25, 0.3) is 0 Å². The van der Waals surface area contributed by atoms with E-state index in [9.17, 15) is 20.1 Å². The molecular weight excluding hydrogens is 594 g/mol. The first-order valence-corrected chi connectivity index (χ1v) is 21.8. The molecule has 0 saturated heterocycles. The summed E-state index contributed by atoms with van der Waals surface area (Å²) in [6, 6.07) is 0. The van der Waals surface area contributed by atoms with Crippen molar-refractivity contribution in [3.8, 4) is 0 Å². The van der Waals surface area contributed by atoms with Gasteiger partial charge in [-0.05, 0) is 25.7 Å². The maximum absolute atomic E-state index is 12.3. The molecule has 3 atom stereocenters. The fraction of sp³-hybridized carbons (Fsp3) is 0.977. The second-order valence-corrected chi connectivity index (χ2v) is 15.3. The van der Waals surface area contributed by atoms with Gasteiger partial charge in [0, 0.05) is 18.9 Å². The fourth-order valence-corrected chi connectivity index (χ4v) is 6.98. The summed E-state index contributed by atoms with van der Waals surface area (Å²) in [4.78, 5) is 12.3. The first kappa shape index (κ1) is 47.4. The monoisotopic (exact) mass is 682 g/mol. The molecule has 0 rings (SSSR count). The average Bonchev–Trinajstić information content (AvgIpc) is 3.09. The second-order valence-electron chi connectivity index (χ2n) is 15.3. The molecule has 3 unspecified atom stereocenters. The number of amides is 1. The van der Waals surface area contributed by atoms with E-state index in [0.717, 1.165) is 25.7 Å². The number of unbranched alkanes of at least 4 members (excludes halogenated alkanes) is 29. The zero-order valence-electron chi connectivity index (χ0n) is 32.6. The molecule has 0 aliphatic heterocycles. The highest BCUT2D eigenvalue weighted by Crippen LogP contribution is 2.18. The number of hydrogen-bond acceptors (Lipinski definition) is 4. The van der Waals surface area contributed by atoms with Crippen LogP contribution in [-0.2, 0) is 4.79 Å². The molecule has 1 amide bonds. The zero-order valence-corrected chi connectivity index (χ0v) is 32.6.